The highest BCUT2D eigenvalue weighted by molar-refractivity contribution is 14.1. The maximum atomic E-state index is 11.3. The molecule has 0 aromatic heterocycles. The zero-order valence-corrected chi connectivity index (χ0v) is 12.2. The summed E-state index contributed by atoms with van der Waals surface area (Å²) in [5.41, 5.74) is 0. The van der Waals surface area contributed by atoms with Gasteiger partial charge in [0.15, 0.2) is 6.61 Å². The molecule has 1 rings (SSSR count). The number of hydrogen-bond donors (Lipinski definition) is 0. The van der Waals surface area contributed by atoms with Gasteiger partial charge in [0.05, 0.1) is 3.57 Å². The topological polar surface area (TPSA) is 29.5 Å². The van der Waals surface area contributed by atoms with E-state index in [0.29, 0.717) is 0 Å². The average Bonchev–Trinajstić information content (AvgIpc) is 2.18. The molecule has 15 heavy (non-hydrogen) atoms. The van der Waals surface area contributed by atoms with E-state index in [1.54, 1.807) is 14.1 Å². The van der Waals surface area contributed by atoms with Crippen LogP contribution < -0.4 is 4.74 Å². The Hall–Kier alpha value is -0.300. The second kappa shape index (κ2) is 5.69. The summed E-state index contributed by atoms with van der Waals surface area (Å²) in [6.07, 6.45) is 0. The number of rotatable bonds is 3. The number of halogens is 2. The van der Waals surface area contributed by atoms with Gasteiger partial charge in [0, 0.05) is 18.6 Å². The fourth-order valence-electron chi connectivity index (χ4n) is 0.856. The monoisotopic (exact) mass is 383 g/mol. The number of ether oxygens (including phenoxy) is 1. The Balaban J connectivity index is 2.65. The van der Waals surface area contributed by atoms with Gasteiger partial charge in [0.1, 0.15) is 5.75 Å². The summed E-state index contributed by atoms with van der Waals surface area (Å²) in [5, 5.41) is 0. The molecule has 0 unspecified atom stereocenters. The first-order valence-corrected chi connectivity index (χ1v) is 6.16. The van der Waals surface area contributed by atoms with Gasteiger partial charge in [-0.3, -0.25) is 4.79 Å². The molecule has 1 aromatic rings. The van der Waals surface area contributed by atoms with Crippen LogP contribution in [0.3, 0.4) is 0 Å². The summed E-state index contributed by atoms with van der Waals surface area (Å²) in [5.74, 6) is 0.672. The Morgan fingerprint density at radius 3 is 2.80 bits per heavy atom. The lowest BCUT2D eigenvalue weighted by molar-refractivity contribution is -0.130. The van der Waals surface area contributed by atoms with Crippen LogP contribution in [0.4, 0.5) is 0 Å². The molecule has 0 saturated heterocycles. The zero-order valence-electron chi connectivity index (χ0n) is 8.46. The standard InChI is InChI=1S/C10H11BrINO2/c1-13(2)10(14)6-15-9-5-7(11)3-4-8(9)12/h3-5H,6H2,1-2H3. The number of hydrogen-bond acceptors (Lipinski definition) is 2. The van der Waals surface area contributed by atoms with Crippen LogP contribution in [0.1, 0.15) is 0 Å². The fourth-order valence-corrected chi connectivity index (χ4v) is 1.69. The van der Waals surface area contributed by atoms with Crippen LogP contribution in [0.2, 0.25) is 0 Å². The van der Waals surface area contributed by atoms with E-state index in [0.717, 1.165) is 13.8 Å². The maximum Gasteiger partial charge on any atom is 0.259 e. The largest absolute Gasteiger partial charge is 0.483 e. The molecule has 0 aliphatic rings. The third-order valence-electron chi connectivity index (χ3n) is 1.74. The summed E-state index contributed by atoms with van der Waals surface area (Å²) >= 11 is 5.52. The van der Waals surface area contributed by atoms with Crippen LogP contribution in [-0.4, -0.2) is 31.5 Å². The maximum absolute atomic E-state index is 11.3. The predicted octanol–water partition coefficient (Wildman–Crippen LogP) is 2.52. The van der Waals surface area contributed by atoms with E-state index in [-0.39, 0.29) is 12.5 Å². The van der Waals surface area contributed by atoms with Gasteiger partial charge in [-0.15, -0.1) is 0 Å². The minimum Gasteiger partial charge on any atom is -0.483 e. The Morgan fingerprint density at radius 2 is 2.20 bits per heavy atom. The number of carbonyl (C=O) groups excluding carboxylic acids is 1. The zero-order chi connectivity index (χ0) is 11.4. The van der Waals surface area contributed by atoms with Gasteiger partial charge in [-0.1, -0.05) is 15.9 Å². The van der Waals surface area contributed by atoms with Gasteiger partial charge in [-0.25, -0.2) is 0 Å². The van der Waals surface area contributed by atoms with Gasteiger partial charge in [-0.05, 0) is 40.8 Å². The van der Waals surface area contributed by atoms with E-state index in [2.05, 4.69) is 38.5 Å². The first kappa shape index (κ1) is 12.8. The molecule has 3 nitrogen and oxygen atoms in total. The van der Waals surface area contributed by atoms with Crippen molar-refractivity contribution in [1.82, 2.24) is 4.90 Å². The van der Waals surface area contributed by atoms with Gasteiger partial charge >= 0.3 is 0 Å². The normalized spacial score (nSPS) is 9.87. The Bertz CT molecular complexity index is 368. The molecule has 0 aliphatic heterocycles. The van der Waals surface area contributed by atoms with Crippen molar-refractivity contribution >= 4 is 44.4 Å². The quantitative estimate of drug-likeness (QED) is 0.750. The van der Waals surface area contributed by atoms with E-state index in [4.69, 9.17) is 4.74 Å². The molecule has 0 saturated carbocycles. The molecule has 0 heterocycles. The number of benzene rings is 1. The van der Waals surface area contributed by atoms with Gasteiger partial charge in [-0.2, -0.15) is 0 Å². The van der Waals surface area contributed by atoms with Crippen molar-refractivity contribution in [2.24, 2.45) is 0 Å². The summed E-state index contributed by atoms with van der Waals surface area (Å²) < 4.78 is 7.34. The number of amides is 1. The van der Waals surface area contributed by atoms with Crippen molar-refractivity contribution < 1.29 is 9.53 Å². The third-order valence-corrected chi connectivity index (χ3v) is 3.13. The number of carbonyl (C=O) groups is 1. The van der Waals surface area contributed by atoms with Crippen molar-refractivity contribution in [2.45, 2.75) is 0 Å². The van der Waals surface area contributed by atoms with Crippen LogP contribution in [-0.2, 0) is 4.79 Å². The lowest BCUT2D eigenvalue weighted by Gasteiger charge is -2.12. The minimum atomic E-state index is -0.0502. The highest BCUT2D eigenvalue weighted by atomic mass is 127. The molecule has 0 atom stereocenters. The molecule has 82 valence electrons. The molecular weight excluding hydrogens is 373 g/mol. The molecule has 0 aliphatic carbocycles. The Morgan fingerprint density at radius 1 is 1.53 bits per heavy atom. The van der Waals surface area contributed by atoms with Crippen LogP contribution in [0, 0.1) is 3.57 Å². The molecule has 0 fully saturated rings. The van der Waals surface area contributed by atoms with E-state index >= 15 is 0 Å². The average molecular weight is 384 g/mol. The summed E-state index contributed by atoms with van der Waals surface area (Å²) in [6, 6.07) is 5.72. The highest BCUT2D eigenvalue weighted by Crippen LogP contribution is 2.24. The van der Waals surface area contributed by atoms with E-state index < -0.39 is 0 Å². The van der Waals surface area contributed by atoms with E-state index in [9.17, 15) is 4.79 Å². The summed E-state index contributed by atoms with van der Waals surface area (Å²) in [7, 11) is 3.41. The van der Waals surface area contributed by atoms with Crippen molar-refractivity contribution in [3.63, 3.8) is 0 Å². The second-order valence-corrected chi connectivity index (χ2v) is 5.23. The van der Waals surface area contributed by atoms with Crippen molar-refractivity contribution in [3.8, 4) is 5.75 Å². The lowest BCUT2D eigenvalue weighted by Crippen LogP contribution is -2.27. The first-order chi connectivity index (χ1) is 7.00. The lowest BCUT2D eigenvalue weighted by atomic mass is 10.3. The van der Waals surface area contributed by atoms with Crippen LogP contribution >= 0.6 is 38.5 Å². The Labute approximate surface area is 111 Å². The SMILES string of the molecule is CN(C)C(=O)COc1cc(Br)ccc1I. The molecular formula is C10H11BrINO2. The van der Waals surface area contributed by atoms with Crippen molar-refractivity contribution in [3.05, 3.63) is 26.2 Å². The Kier molecular flexibility index (Phi) is 4.85. The predicted molar refractivity (Wildman–Crippen MR) is 71.0 cm³/mol. The van der Waals surface area contributed by atoms with E-state index in [1.165, 1.54) is 4.90 Å². The molecule has 0 spiro atoms. The van der Waals surface area contributed by atoms with Crippen LogP contribution in [0.25, 0.3) is 0 Å². The van der Waals surface area contributed by atoms with Gasteiger partial charge in [0.25, 0.3) is 5.91 Å². The highest BCUT2D eigenvalue weighted by Gasteiger charge is 2.07. The summed E-state index contributed by atoms with van der Waals surface area (Å²) in [6.45, 7) is 0.0689. The smallest absolute Gasteiger partial charge is 0.259 e. The van der Waals surface area contributed by atoms with Crippen LogP contribution in [0.5, 0.6) is 5.75 Å². The first-order valence-electron chi connectivity index (χ1n) is 4.28. The van der Waals surface area contributed by atoms with E-state index in [1.807, 2.05) is 18.2 Å². The second-order valence-electron chi connectivity index (χ2n) is 3.15. The molecule has 0 bridgehead atoms. The van der Waals surface area contributed by atoms with Crippen molar-refractivity contribution in [2.75, 3.05) is 20.7 Å². The molecule has 5 heteroatoms. The minimum absolute atomic E-state index is 0.0502. The summed E-state index contributed by atoms with van der Waals surface area (Å²) in [4.78, 5) is 12.8. The fraction of sp³-hybridized carbons (Fsp3) is 0.300. The van der Waals surface area contributed by atoms with Gasteiger partial charge in [0.2, 0.25) is 0 Å². The number of likely N-dealkylation sites (N-methyl/N-ethyl adjacent to an activating group) is 1. The molecule has 1 amide bonds. The number of nitrogens with zero attached hydrogens (tertiary/aromatic N) is 1. The molecule has 1 aromatic carbocycles. The van der Waals surface area contributed by atoms with Crippen LogP contribution in [0.15, 0.2) is 22.7 Å². The third kappa shape index (κ3) is 3.98. The van der Waals surface area contributed by atoms with Crippen molar-refractivity contribution in [1.29, 1.82) is 0 Å². The molecule has 0 radical (unpaired) electrons. The van der Waals surface area contributed by atoms with Gasteiger partial charge < -0.3 is 9.64 Å². The molecule has 0 N–H and O–H groups in total.